The van der Waals surface area contributed by atoms with Gasteiger partial charge in [0.2, 0.25) is 0 Å². The summed E-state index contributed by atoms with van der Waals surface area (Å²) >= 11 is 3.07. The number of rotatable bonds is 3. The summed E-state index contributed by atoms with van der Waals surface area (Å²) in [5.41, 5.74) is 1.86. The molecule has 0 atom stereocenters. The molecule has 0 N–H and O–H groups in total. The molecule has 5 heteroatoms. The van der Waals surface area contributed by atoms with Crippen LogP contribution in [0.1, 0.15) is 36.0 Å². The number of hydrogen-bond donors (Lipinski definition) is 0. The molecule has 0 fully saturated rings. The van der Waals surface area contributed by atoms with E-state index in [0.29, 0.717) is 6.42 Å². The predicted octanol–water partition coefficient (Wildman–Crippen LogP) is 3.26. The van der Waals surface area contributed by atoms with Crippen LogP contribution in [-0.4, -0.2) is 15.8 Å². The van der Waals surface area contributed by atoms with Crippen LogP contribution in [0.5, 0.6) is 0 Å². The summed E-state index contributed by atoms with van der Waals surface area (Å²) in [6.45, 7) is 7.81. The van der Waals surface area contributed by atoms with Crippen molar-refractivity contribution >= 4 is 28.5 Å². The van der Waals surface area contributed by atoms with E-state index in [0.717, 1.165) is 26.3 Å². The third kappa shape index (κ3) is 2.61. The van der Waals surface area contributed by atoms with Gasteiger partial charge >= 0.3 is 0 Å². The first-order chi connectivity index (χ1) is 7.97. The summed E-state index contributed by atoms with van der Waals surface area (Å²) < 4.78 is 0. The molecule has 0 saturated carbocycles. The second-order valence-electron chi connectivity index (χ2n) is 4.00. The summed E-state index contributed by atoms with van der Waals surface area (Å²) in [6.07, 6.45) is 0.391. The van der Waals surface area contributed by atoms with Gasteiger partial charge in [-0.3, -0.25) is 4.79 Å². The maximum Gasteiger partial charge on any atom is 0.181 e. The molecule has 0 amide bonds. The zero-order valence-corrected chi connectivity index (χ0v) is 12.0. The van der Waals surface area contributed by atoms with E-state index in [1.807, 2.05) is 27.7 Å². The Morgan fingerprint density at radius 1 is 1.06 bits per heavy atom. The molecule has 2 aromatic rings. The van der Waals surface area contributed by atoms with Crippen LogP contribution in [0.25, 0.3) is 0 Å². The van der Waals surface area contributed by atoms with E-state index in [4.69, 9.17) is 0 Å². The molecule has 0 spiro atoms. The Balaban J connectivity index is 2.19. The fourth-order valence-corrected chi connectivity index (χ4v) is 3.41. The van der Waals surface area contributed by atoms with Gasteiger partial charge in [0, 0.05) is 4.88 Å². The first kappa shape index (κ1) is 12.4. The quantitative estimate of drug-likeness (QED) is 0.801. The number of nitrogens with zero attached hydrogens (tertiary/aromatic N) is 2. The topological polar surface area (TPSA) is 42.9 Å². The Bertz CT molecular complexity index is 550. The summed E-state index contributed by atoms with van der Waals surface area (Å²) in [4.78, 5) is 22.7. The van der Waals surface area contributed by atoms with Crippen LogP contribution in [0.4, 0.5) is 0 Å². The first-order valence-electron chi connectivity index (χ1n) is 5.37. The summed E-state index contributed by atoms with van der Waals surface area (Å²) in [6, 6.07) is 0. The molecule has 0 aliphatic carbocycles. The number of Topliss-reactive ketones (excluding diaryl/α,β-unsaturated/α-hetero) is 1. The van der Waals surface area contributed by atoms with Crippen molar-refractivity contribution in [1.82, 2.24) is 9.97 Å². The van der Waals surface area contributed by atoms with Crippen molar-refractivity contribution < 1.29 is 4.79 Å². The second kappa shape index (κ2) is 4.66. The largest absolute Gasteiger partial charge is 0.293 e. The first-order valence-corrected chi connectivity index (χ1v) is 7.01. The second-order valence-corrected chi connectivity index (χ2v) is 6.49. The third-order valence-corrected chi connectivity index (χ3v) is 4.73. The van der Waals surface area contributed by atoms with Crippen LogP contribution < -0.4 is 0 Å². The standard InChI is InChI=1S/C12H14N2OS2/c1-6-8(3)16-11(14-6)5-10(15)12-7(2)13-9(4)17-12/h5H2,1-4H3. The Morgan fingerprint density at radius 3 is 2.24 bits per heavy atom. The molecular formula is C12H14N2OS2. The number of carbonyl (C=O) groups excluding carboxylic acids is 1. The molecule has 0 radical (unpaired) electrons. The highest BCUT2D eigenvalue weighted by Crippen LogP contribution is 2.22. The lowest BCUT2D eigenvalue weighted by Gasteiger charge is -1.95. The van der Waals surface area contributed by atoms with E-state index < -0.39 is 0 Å². The molecule has 0 aliphatic heterocycles. The van der Waals surface area contributed by atoms with E-state index in [2.05, 4.69) is 9.97 Å². The Kier molecular flexibility index (Phi) is 3.40. The highest BCUT2D eigenvalue weighted by molar-refractivity contribution is 7.14. The van der Waals surface area contributed by atoms with Crippen molar-refractivity contribution in [2.75, 3.05) is 0 Å². The van der Waals surface area contributed by atoms with Crippen LogP contribution in [0.15, 0.2) is 0 Å². The van der Waals surface area contributed by atoms with Gasteiger partial charge in [0.05, 0.1) is 27.7 Å². The molecule has 0 saturated heterocycles. The molecule has 2 heterocycles. The lowest BCUT2D eigenvalue weighted by molar-refractivity contribution is 0.0996. The smallest absolute Gasteiger partial charge is 0.181 e. The van der Waals surface area contributed by atoms with Crippen molar-refractivity contribution in [3.8, 4) is 0 Å². The maximum atomic E-state index is 12.1. The van der Waals surface area contributed by atoms with Gasteiger partial charge in [-0.15, -0.1) is 22.7 Å². The van der Waals surface area contributed by atoms with Gasteiger partial charge in [0.1, 0.15) is 5.01 Å². The average Bonchev–Trinajstić information content (AvgIpc) is 2.71. The van der Waals surface area contributed by atoms with Gasteiger partial charge in [-0.2, -0.15) is 0 Å². The lowest BCUT2D eigenvalue weighted by atomic mass is 10.2. The van der Waals surface area contributed by atoms with Crippen LogP contribution in [0.3, 0.4) is 0 Å². The minimum atomic E-state index is 0.127. The van der Waals surface area contributed by atoms with Gasteiger partial charge < -0.3 is 0 Å². The van der Waals surface area contributed by atoms with Crippen molar-refractivity contribution in [1.29, 1.82) is 0 Å². The molecule has 2 rings (SSSR count). The molecule has 0 bridgehead atoms. The van der Waals surface area contributed by atoms with Gasteiger partial charge in [-0.1, -0.05) is 0 Å². The number of aromatic nitrogens is 2. The molecule has 0 aromatic carbocycles. The normalized spacial score (nSPS) is 10.8. The number of hydrogen-bond acceptors (Lipinski definition) is 5. The molecule has 2 aromatic heterocycles. The predicted molar refractivity (Wildman–Crippen MR) is 71.2 cm³/mol. The minimum absolute atomic E-state index is 0.127. The Labute approximate surface area is 109 Å². The number of thiazole rings is 2. The molecule has 3 nitrogen and oxygen atoms in total. The fraction of sp³-hybridized carbons (Fsp3) is 0.417. The van der Waals surface area contributed by atoms with E-state index in [9.17, 15) is 4.79 Å². The van der Waals surface area contributed by atoms with Gasteiger partial charge in [0.15, 0.2) is 5.78 Å². The SMILES string of the molecule is Cc1nc(C)c(C(=O)Cc2nc(C)c(C)s2)s1. The fourth-order valence-electron chi connectivity index (χ4n) is 1.62. The minimum Gasteiger partial charge on any atom is -0.293 e. The molecule has 0 unspecified atom stereocenters. The van der Waals surface area contributed by atoms with Crippen molar-refractivity contribution in [2.45, 2.75) is 34.1 Å². The number of aryl methyl sites for hydroxylation is 4. The monoisotopic (exact) mass is 266 g/mol. The number of ketones is 1. The zero-order valence-electron chi connectivity index (χ0n) is 10.3. The van der Waals surface area contributed by atoms with Crippen molar-refractivity contribution in [3.05, 3.63) is 31.2 Å². The van der Waals surface area contributed by atoms with Crippen molar-refractivity contribution in [3.63, 3.8) is 0 Å². The maximum absolute atomic E-state index is 12.1. The van der Waals surface area contributed by atoms with Crippen molar-refractivity contribution in [2.24, 2.45) is 0 Å². The zero-order chi connectivity index (χ0) is 12.6. The van der Waals surface area contributed by atoms with Gasteiger partial charge in [-0.05, 0) is 27.7 Å². The molecule has 17 heavy (non-hydrogen) atoms. The molecule has 90 valence electrons. The highest BCUT2D eigenvalue weighted by atomic mass is 32.1. The van der Waals surface area contributed by atoms with E-state index in [1.165, 1.54) is 16.2 Å². The highest BCUT2D eigenvalue weighted by Gasteiger charge is 2.16. The Morgan fingerprint density at radius 2 is 1.76 bits per heavy atom. The van der Waals surface area contributed by atoms with E-state index in [-0.39, 0.29) is 5.78 Å². The third-order valence-electron chi connectivity index (χ3n) is 2.54. The summed E-state index contributed by atoms with van der Waals surface area (Å²) in [7, 11) is 0. The summed E-state index contributed by atoms with van der Waals surface area (Å²) in [5, 5.41) is 1.84. The van der Waals surface area contributed by atoms with E-state index >= 15 is 0 Å². The van der Waals surface area contributed by atoms with Crippen LogP contribution in [-0.2, 0) is 6.42 Å². The number of carbonyl (C=O) groups is 1. The lowest BCUT2D eigenvalue weighted by Crippen LogP contribution is -2.02. The van der Waals surface area contributed by atoms with Gasteiger partial charge in [0.25, 0.3) is 0 Å². The summed E-state index contributed by atoms with van der Waals surface area (Å²) in [5.74, 6) is 0.127. The Hall–Kier alpha value is -1.07. The van der Waals surface area contributed by atoms with E-state index in [1.54, 1.807) is 11.3 Å². The van der Waals surface area contributed by atoms with Crippen LogP contribution in [0, 0.1) is 27.7 Å². The van der Waals surface area contributed by atoms with Crippen LogP contribution in [0.2, 0.25) is 0 Å². The molecular weight excluding hydrogens is 252 g/mol. The van der Waals surface area contributed by atoms with Crippen LogP contribution >= 0.6 is 22.7 Å². The van der Waals surface area contributed by atoms with Gasteiger partial charge in [-0.25, -0.2) is 9.97 Å². The molecule has 0 aliphatic rings. The average molecular weight is 266 g/mol.